The molecule has 0 aliphatic heterocycles. The third-order valence-corrected chi connectivity index (χ3v) is 3.13. The Morgan fingerprint density at radius 2 is 2.27 bits per heavy atom. The first kappa shape index (κ1) is 12.7. The van der Waals surface area contributed by atoms with Crippen LogP contribution < -0.4 is 5.32 Å². The zero-order chi connectivity index (χ0) is 11.3. The minimum atomic E-state index is 0.0470. The molecule has 0 aliphatic carbocycles. The molecule has 2 nitrogen and oxygen atoms in total. The lowest BCUT2D eigenvalue weighted by atomic mass is 10.0. The fourth-order valence-corrected chi connectivity index (χ4v) is 2.69. The molecule has 3 heteroatoms. The maximum absolute atomic E-state index is 5.18. The number of hydrogen-bond donors (Lipinski definition) is 1. The minimum absolute atomic E-state index is 0.0470. The Labute approximate surface area is 96.7 Å². The van der Waals surface area contributed by atoms with Crippen LogP contribution in [-0.2, 0) is 11.2 Å². The van der Waals surface area contributed by atoms with Crippen LogP contribution in [0.25, 0.3) is 0 Å². The predicted octanol–water partition coefficient (Wildman–Crippen LogP) is 2.69. The highest BCUT2D eigenvalue weighted by molar-refractivity contribution is 7.09. The molecule has 1 N–H and O–H groups in total. The summed E-state index contributed by atoms with van der Waals surface area (Å²) in [4.78, 5) is 1.43. The first-order chi connectivity index (χ1) is 7.03. The van der Waals surface area contributed by atoms with Gasteiger partial charge in [0.05, 0.1) is 6.61 Å². The molecule has 0 spiro atoms. The molecule has 86 valence electrons. The van der Waals surface area contributed by atoms with Gasteiger partial charge in [-0.3, -0.25) is 0 Å². The number of hydrogen-bond acceptors (Lipinski definition) is 3. The average molecular weight is 227 g/mol. The molecule has 0 bridgehead atoms. The summed E-state index contributed by atoms with van der Waals surface area (Å²) in [5, 5.41) is 5.70. The highest BCUT2D eigenvalue weighted by Gasteiger charge is 2.19. The lowest BCUT2D eigenvalue weighted by Gasteiger charge is -2.29. The Morgan fingerprint density at radius 1 is 1.53 bits per heavy atom. The first-order valence-electron chi connectivity index (χ1n) is 5.32. The standard InChI is InChI=1S/C12H21NOS/c1-10(8-11-6-5-7-15-11)13-12(2,3)9-14-4/h5-7,10,13H,8-9H2,1-4H3. The third kappa shape index (κ3) is 4.78. The molecule has 1 aromatic heterocycles. The van der Waals surface area contributed by atoms with Crippen LogP contribution in [-0.4, -0.2) is 25.3 Å². The van der Waals surface area contributed by atoms with E-state index in [1.807, 2.05) is 11.3 Å². The van der Waals surface area contributed by atoms with Crippen molar-refractivity contribution < 1.29 is 4.74 Å². The Balaban J connectivity index is 2.38. The topological polar surface area (TPSA) is 21.3 Å². The van der Waals surface area contributed by atoms with E-state index in [0.29, 0.717) is 6.04 Å². The summed E-state index contributed by atoms with van der Waals surface area (Å²) in [6.07, 6.45) is 1.09. The van der Waals surface area contributed by atoms with Gasteiger partial charge in [0.25, 0.3) is 0 Å². The third-order valence-electron chi connectivity index (χ3n) is 2.23. The molecule has 1 rings (SSSR count). The van der Waals surface area contributed by atoms with Crippen molar-refractivity contribution in [3.05, 3.63) is 22.4 Å². The molecule has 1 aromatic rings. The number of thiophene rings is 1. The van der Waals surface area contributed by atoms with Gasteiger partial charge < -0.3 is 10.1 Å². The van der Waals surface area contributed by atoms with Gasteiger partial charge in [-0.25, -0.2) is 0 Å². The van der Waals surface area contributed by atoms with Gasteiger partial charge in [0, 0.05) is 23.6 Å². The van der Waals surface area contributed by atoms with Crippen molar-refractivity contribution in [2.24, 2.45) is 0 Å². The summed E-state index contributed by atoms with van der Waals surface area (Å²) in [5.74, 6) is 0. The molecule has 0 saturated heterocycles. The summed E-state index contributed by atoms with van der Waals surface area (Å²) in [6, 6.07) is 4.77. The zero-order valence-electron chi connectivity index (χ0n) is 10.0. The normalized spacial score (nSPS) is 14.1. The van der Waals surface area contributed by atoms with E-state index in [9.17, 15) is 0 Å². The number of ether oxygens (including phenoxy) is 1. The molecule has 1 atom stereocenters. The van der Waals surface area contributed by atoms with E-state index in [4.69, 9.17) is 4.74 Å². The van der Waals surface area contributed by atoms with Gasteiger partial charge in [-0.1, -0.05) is 6.07 Å². The Kier molecular flexibility index (Phi) is 4.77. The van der Waals surface area contributed by atoms with Crippen LogP contribution >= 0.6 is 11.3 Å². The van der Waals surface area contributed by atoms with Crippen molar-refractivity contribution in [1.29, 1.82) is 0 Å². The van der Waals surface area contributed by atoms with Gasteiger partial charge in [0.1, 0.15) is 0 Å². The number of nitrogens with one attached hydrogen (secondary N) is 1. The van der Waals surface area contributed by atoms with Crippen molar-refractivity contribution >= 4 is 11.3 Å². The zero-order valence-corrected chi connectivity index (χ0v) is 10.9. The molecule has 1 heterocycles. The van der Waals surface area contributed by atoms with Gasteiger partial charge in [-0.05, 0) is 38.6 Å². The number of methoxy groups -OCH3 is 1. The monoisotopic (exact) mass is 227 g/mol. The van der Waals surface area contributed by atoms with Crippen molar-refractivity contribution in [3.8, 4) is 0 Å². The maximum Gasteiger partial charge on any atom is 0.0639 e. The smallest absolute Gasteiger partial charge is 0.0639 e. The second-order valence-electron chi connectivity index (χ2n) is 4.65. The molecule has 0 radical (unpaired) electrons. The van der Waals surface area contributed by atoms with Gasteiger partial charge in [0.2, 0.25) is 0 Å². The summed E-state index contributed by atoms with van der Waals surface area (Å²) in [6.45, 7) is 7.29. The Hall–Kier alpha value is -0.380. The van der Waals surface area contributed by atoms with Crippen LogP contribution in [0.1, 0.15) is 25.6 Å². The SMILES string of the molecule is COCC(C)(C)NC(C)Cc1cccs1. The summed E-state index contributed by atoms with van der Waals surface area (Å²) >= 11 is 1.82. The fraction of sp³-hybridized carbons (Fsp3) is 0.667. The molecule has 0 amide bonds. The molecular formula is C12H21NOS. The van der Waals surface area contributed by atoms with Crippen molar-refractivity contribution in [2.45, 2.75) is 38.8 Å². The molecule has 0 fully saturated rings. The largest absolute Gasteiger partial charge is 0.383 e. The Bertz CT molecular complexity index is 269. The quantitative estimate of drug-likeness (QED) is 0.807. The highest BCUT2D eigenvalue weighted by atomic mass is 32.1. The van der Waals surface area contributed by atoms with Crippen molar-refractivity contribution in [1.82, 2.24) is 5.32 Å². The lowest BCUT2D eigenvalue weighted by Crippen LogP contribution is -2.48. The van der Waals surface area contributed by atoms with Crippen LogP contribution in [0.2, 0.25) is 0 Å². The second kappa shape index (κ2) is 5.64. The predicted molar refractivity (Wildman–Crippen MR) is 66.6 cm³/mol. The summed E-state index contributed by atoms with van der Waals surface area (Å²) in [5.41, 5.74) is 0.0470. The second-order valence-corrected chi connectivity index (χ2v) is 5.68. The van der Waals surface area contributed by atoms with Gasteiger partial charge in [-0.2, -0.15) is 0 Å². The van der Waals surface area contributed by atoms with Crippen LogP contribution in [0.15, 0.2) is 17.5 Å². The molecule has 0 aliphatic rings. The summed E-state index contributed by atoms with van der Waals surface area (Å²) < 4.78 is 5.18. The van der Waals surface area contributed by atoms with Crippen molar-refractivity contribution in [2.75, 3.05) is 13.7 Å². The van der Waals surface area contributed by atoms with E-state index < -0.39 is 0 Å². The molecule has 15 heavy (non-hydrogen) atoms. The van der Waals surface area contributed by atoms with E-state index in [1.165, 1.54) is 4.88 Å². The van der Waals surface area contributed by atoms with Crippen molar-refractivity contribution in [3.63, 3.8) is 0 Å². The average Bonchev–Trinajstić information content (AvgIpc) is 2.54. The van der Waals surface area contributed by atoms with Crippen LogP contribution in [0.5, 0.6) is 0 Å². The van der Waals surface area contributed by atoms with Crippen LogP contribution in [0.4, 0.5) is 0 Å². The van der Waals surface area contributed by atoms with Gasteiger partial charge in [0.15, 0.2) is 0 Å². The lowest BCUT2D eigenvalue weighted by molar-refractivity contribution is 0.122. The van der Waals surface area contributed by atoms with Gasteiger partial charge in [-0.15, -0.1) is 11.3 Å². The molecular weight excluding hydrogens is 206 g/mol. The molecule has 0 saturated carbocycles. The Morgan fingerprint density at radius 3 is 2.80 bits per heavy atom. The molecule has 0 aromatic carbocycles. The van der Waals surface area contributed by atoms with Crippen LogP contribution in [0, 0.1) is 0 Å². The minimum Gasteiger partial charge on any atom is -0.383 e. The van der Waals surface area contributed by atoms with Crippen LogP contribution in [0.3, 0.4) is 0 Å². The summed E-state index contributed by atoms with van der Waals surface area (Å²) in [7, 11) is 1.74. The highest BCUT2D eigenvalue weighted by Crippen LogP contribution is 2.13. The van der Waals surface area contributed by atoms with E-state index >= 15 is 0 Å². The van der Waals surface area contributed by atoms with E-state index in [0.717, 1.165) is 13.0 Å². The van der Waals surface area contributed by atoms with Gasteiger partial charge >= 0.3 is 0 Å². The van der Waals surface area contributed by atoms with E-state index in [1.54, 1.807) is 7.11 Å². The fourth-order valence-electron chi connectivity index (χ4n) is 1.85. The molecule has 1 unspecified atom stereocenters. The van der Waals surface area contributed by atoms with E-state index in [2.05, 4.69) is 43.6 Å². The maximum atomic E-state index is 5.18. The first-order valence-corrected chi connectivity index (χ1v) is 6.20. The number of rotatable bonds is 6. The van der Waals surface area contributed by atoms with E-state index in [-0.39, 0.29) is 5.54 Å².